The maximum atomic E-state index is 12.7. The predicted octanol–water partition coefficient (Wildman–Crippen LogP) is 4.74. The first-order valence-corrected chi connectivity index (χ1v) is 8.14. The van der Waals surface area contributed by atoms with Crippen molar-refractivity contribution >= 4 is 11.5 Å². The van der Waals surface area contributed by atoms with E-state index in [-0.39, 0.29) is 11.2 Å². The highest BCUT2D eigenvalue weighted by Gasteiger charge is 2.38. The second-order valence-corrected chi connectivity index (χ2v) is 6.65. The Hall–Kier alpha value is -2.35. The first-order valence-electron chi connectivity index (χ1n) is 8.14. The summed E-state index contributed by atoms with van der Waals surface area (Å²) >= 11 is 0. The average Bonchev–Trinajstić information content (AvgIpc) is 2.76. The molecule has 118 valence electrons. The van der Waals surface area contributed by atoms with Gasteiger partial charge in [0.05, 0.1) is 0 Å². The molecule has 0 aromatic heterocycles. The monoisotopic (exact) mass is 305 g/mol. The van der Waals surface area contributed by atoms with Crippen LogP contribution in [-0.4, -0.2) is 12.8 Å². The molecule has 2 aromatic carbocycles. The third-order valence-corrected chi connectivity index (χ3v) is 4.85. The largest absolute Gasteiger partial charge is 0.347 e. The number of aryl methyl sites for hydroxylation is 1. The summed E-state index contributed by atoms with van der Waals surface area (Å²) in [5.74, 6) is 0.0652. The van der Waals surface area contributed by atoms with Crippen molar-refractivity contribution in [1.29, 1.82) is 0 Å². The number of allylic oxidation sites excluding steroid dienone is 2. The van der Waals surface area contributed by atoms with E-state index >= 15 is 0 Å². The number of para-hydroxylation sites is 1. The molecule has 3 rings (SSSR count). The van der Waals surface area contributed by atoms with Crippen LogP contribution < -0.4 is 4.90 Å². The van der Waals surface area contributed by atoms with E-state index in [0.29, 0.717) is 0 Å². The maximum absolute atomic E-state index is 12.7. The van der Waals surface area contributed by atoms with Crippen molar-refractivity contribution in [2.75, 3.05) is 11.9 Å². The van der Waals surface area contributed by atoms with Crippen molar-refractivity contribution in [3.63, 3.8) is 0 Å². The number of fused-ring (bicyclic) bond motifs is 1. The van der Waals surface area contributed by atoms with Gasteiger partial charge in [0.25, 0.3) is 0 Å². The Morgan fingerprint density at radius 2 is 1.74 bits per heavy atom. The second-order valence-electron chi connectivity index (χ2n) is 6.65. The Morgan fingerprint density at radius 3 is 2.35 bits per heavy atom. The first-order chi connectivity index (χ1) is 10.9. The second kappa shape index (κ2) is 5.69. The molecule has 0 atom stereocenters. The summed E-state index contributed by atoms with van der Waals surface area (Å²) in [5.41, 5.74) is 5.32. The lowest BCUT2D eigenvalue weighted by Crippen LogP contribution is -2.24. The number of benzene rings is 2. The van der Waals surface area contributed by atoms with Crippen molar-refractivity contribution in [2.45, 2.75) is 32.6 Å². The van der Waals surface area contributed by atoms with Gasteiger partial charge >= 0.3 is 0 Å². The Balaban J connectivity index is 1.97. The molecular weight excluding hydrogens is 282 g/mol. The zero-order valence-electron chi connectivity index (χ0n) is 14.3. The number of carbonyl (C=O) groups is 1. The van der Waals surface area contributed by atoms with Gasteiger partial charge in [-0.15, -0.1) is 0 Å². The molecule has 0 unspecified atom stereocenters. The highest BCUT2D eigenvalue weighted by atomic mass is 16.1. The molecule has 0 fully saturated rings. The van der Waals surface area contributed by atoms with Crippen LogP contribution in [0.4, 0.5) is 5.69 Å². The van der Waals surface area contributed by atoms with E-state index in [1.54, 1.807) is 6.08 Å². The molecule has 0 bridgehead atoms. The van der Waals surface area contributed by atoms with Gasteiger partial charge in [-0.05, 0) is 23.6 Å². The number of rotatable bonds is 3. The fraction of sp³-hybridized carbons (Fsp3) is 0.286. The highest BCUT2D eigenvalue weighted by molar-refractivity contribution is 6.05. The predicted molar refractivity (Wildman–Crippen MR) is 96.1 cm³/mol. The average molecular weight is 305 g/mol. The summed E-state index contributed by atoms with van der Waals surface area (Å²) in [7, 11) is 2.03. The Kier molecular flexibility index (Phi) is 3.85. The zero-order chi connectivity index (χ0) is 16.6. The lowest BCUT2D eigenvalue weighted by Gasteiger charge is -2.24. The van der Waals surface area contributed by atoms with Gasteiger partial charge in [-0.3, -0.25) is 4.79 Å². The number of carbonyl (C=O) groups excluding carboxylic acids is 1. The smallest absolute Gasteiger partial charge is 0.187 e. The molecule has 0 aliphatic carbocycles. The van der Waals surface area contributed by atoms with Gasteiger partial charge in [0.15, 0.2) is 5.78 Å². The normalized spacial score (nSPS) is 17.4. The van der Waals surface area contributed by atoms with Crippen LogP contribution >= 0.6 is 0 Å². The fourth-order valence-electron chi connectivity index (χ4n) is 3.37. The molecule has 1 heterocycles. The lowest BCUT2D eigenvalue weighted by atomic mass is 9.83. The Morgan fingerprint density at radius 1 is 1.09 bits per heavy atom. The van der Waals surface area contributed by atoms with E-state index in [1.165, 1.54) is 16.8 Å². The summed E-state index contributed by atoms with van der Waals surface area (Å²) in [5, 5.41) is 0. The van der Waals surface area contributed by atoms with Crippen LogP contribution in [0.2, 0.25) is 0 Å². The summed E-state index contributed by atoms with van der Waals surface area (Å²) in [6.45, 7) is 6.47. The minimum Gasteiger partial charge on any atom is -0.347 e. The van der Waals surface area contributed by atoms with Crippen LogP contribution in [0, 0.1) is 0 Å². The van der Waals surface area contributed by atoms with Gasteiger partial charge in [0.2, 0.25) is 0 Å². The van der Waals surface area contributed by atoms with Crippen LogP contribution in [0.1, 0.15) is 42.3 Å². The molecule has 0 radical (unpaired) electrons. The molecule has 1 aliphatic heterocycles. The van der Waals surface area contributed by atoms with E-state index in [9.17, 15) is 4.79 Å². The van der Waals surface area contributed by atoms with Crippen molar-refractivity contribution < 1.29 is 4.79 Å². The maximum Gasteiger partial charge on any atom is 0.187 e. The van der Waals surface area contributed by atoms with E-state index in [1.807, 2.05) is 37.4 Å². The van der Waals surface area contributed by atoms with Crippen LogP contribution in [0.25, 0.3) is 0 Å². The van der Waals surface area contributed by atoms with Gasteiger partial charge < -0.3 is 4.90 Å². The highest BCUT2D eigenvalue weighted by Crippen LogP contribution is 2.46. The van der Waals surface area contributed by atoms with Gasteiger partial charge in [0.1, 0.15) is 0 Å². The van der Waals surface area contributed by atoms with Crippen molar-refractivity contribution in [3.8, 4) is 0 Å². The Bertz CT molecular complexity index is 769. The van der Waals surface area contributed by atoms with Crippen molar-refractivity contribution in [3.05, 3.63) is 77.0 Å². The number of ketones is 1. The molecule has 0 spiro atoms. The number of hydrogen-bond donors (Lipinski definition) is 0. The molecule has 0 N–H and O–H groups in total. The number of likely N-dealkylation sites (N-methyl/N-ethyl adjacent to an activating group) is 1. The molecule has 2 heteroatoms. The van der Waals surface area contributed by atoms with Crippen LogP contribution in [-0.2, 0) is 11.8 Å². The van der Waals surface area contributed by atoms with E-state index < -0.39 is 0 Å². The molecule has 2 aromatic rings. The summed E-state index contributed by atoms with van der Waals surface area (Å²) in [4.78, 5) is 14.8. The number of nitrogens with zero attached hydrogens (tertiary/aromatic N) is 1. The van der Waals surface area contributed by atoms with Crippen molar-refractivity contribution in [1.82, 2.24) is 0 Å². The molecule has 2 nitrogen and oxygen atoms in total. The Labute approximate surface area is 138 Å². The fourth-order valence-corrected chi connectivity index (χ4v) is 3.37. The number of hydrogen-bond acceptors (Lipinski definition) is 2. The SMILES string of the molecule is CCc1ccc(C(=O)/C=C2/N(C)c3ccccc3C2(C)C)cc1. The lowest BCUT2D eigenvalue weighted by molar-refractivity contribution is 0.104. The molecule has 23 heavy (non-hydrogen) atoms. The molecular formula is C21H23NO. The van der Waals surface area contributed by atoms with E-state index in [2.05, 4.69) is 43.9 Å². The van der Waals surface area contributed by atoms with Crippen LogP contribution in [0.5, 0.6) is 0 Å². The first kappa shape index (κ1) is 15.5. The van der Waals surface area contributed by atoms with Crippen LogP contribution in [0.15, 0.2) is 60.3 Å². The quantitative estimate of drug-likeness (QED) is 0.603. The van der Waals surface area contributed by atoms with E-state index in [0.717, 1.165) is 17.7 Å². The molecule has 0 amide bonds. The van der Waals surface area contributed by atoms with E-state index in [4.69, 9.17) is 0 Å². The molecule has 1 aliphatic rings. The third-order valence-electron chi connectivity index (χ3n) is 4.85. The summed E-state index contributed by atoms with van der Waals surface area (Å²) in [6, 6.07) is 16.3. The minimum atomic E-state index is -0.162. The van der Waals surface area contributed by atoms with Gasteiger partial charge in [0, 0.05) is 35.5 Å². The number of anilines is 1. The zero-order valence-corrected chi connectivity index (χ0v) is 14.3. The van der Waals surface area contributed by atoms with Crippen molar-refractivity contribution in [2.24, 2.45) is 0 Å². The minimum absolute atomic E-state index is 0.0652. The third kappa shape index (κ3) is 2.59. The standard InChI is InChI=1S/C21H23NO/c1-5-15-10-12-16(13-11-15)19(23)14-20-21(2,3)17-8-6-7-9-18(17)22(20)4/h6-14H,5H2,1-4H3/b20-14+. The van der Waals surface area contributed by atoms with Gasteiger partial charge in [-0.1, -0.05) is 63.2 Å². The van der Waals surface area contributed by atoms with Gasteiger partial charge in [-0.25, -0.2) is 0 Å². The summed E-state index contributed by atoms with van der Waals surface area (Å²) < 4.78 is 0. The van der Waals surface area contributed by atoms with Crippen LogP contribution in [0.3, 0.4) is 0 Å². The summed E-state index contributed by atoms with van der Waals surface area (Å²) in [6.07, 6.45) is 2.78. The molecule has 0 saturated carbocycles. The molecule has 0 saturated heterocycles. The topological polar surface area (TPSA) is 20.3 Å². The van der Waals surface area contributed by atoms with Gasteiger partial charge in [-0.2, -0.15) is 0 Å².